The van der Waals surface area contributed by atoms with E-state index in [1.165, 1.54) is 5.56 Å². The fourth-order valence-corrected chi connectivity index (χ4v) is 3.43. The highest BCUT2D eigenvalue weighted by atomic mass is 79.9. The average Bonchev–Trinajstić information content (AvgIpc) is 3.04. The lowest BCUT2D eigenvalue weighted by molar-refractivity contribution is -0.169. The summed E-state index contributed by atoms with van der Waals surface area (Å²) in [7, 11) is 0. The maximum Gasteiger partial charge on any atom is 0.406 e. The first-order valence-electron chi connectivity index (χ1n) is 6.50. The Labute approximate surface area is 118 Å². The smallest absolute Gasteiger partial charge is 0.301 e. The van der Waals surface area contributed by atoms with Crippen molar-refractivity contribution in [3.8, 4) is 0 Å². The molecule has 2 aliphatic carbocycles. The van der Waals surface area contributed by atoms with Crippen LogP contribution in [0.5, 0.6) is 0 Å². The van der Waals surface area contributed by atoms with Crippen molar-refractivity contribution >= 4 is 15.9 Å². The predicted molar refractivity (Wildman–Crippen MR) is 71.1 cm³/mol. The first-order valence-corrected chi connectivity index (χ1v) is 7.29. The van der Waals surface area contributed by atoms with Crippen molar-refractivity contribution < 1.29 is 13.2 Å². The predicted octanol–water partition coefficient (Wildman–Crippen LogP) is 4.38. The zero-order valence-corrected chi connectivity index (χ0v) is 11.9. The van der Waals surface area contributed by atoms with Gasteiger partial charge in [0.25, 0.3) is 0 Å². The maximum atomic E-state index is 12.8. The summed E-state index contributed by atoms with van der Waals surface area (Å²) in [6, 6.07) is 7.95. The minimum absolute atomic E-state index is 0.00114. The topological polar surface area (TPSA) is 12.0 Å². The van der Waals surface area contributed by atoms with Crippen LogP contribution in [0.25, 0.3) is 0 Å². The summed E-state index contributed by atoms with van der Waals surface area (Å²) in [6.07, 6.45) is -2.06. The molecule has 0 unspecified atom stereocenters. The van der Waals surface area contributed by atoms with Gasteiger partial charge in [-0.2, -0.15) is 13.2 Å². The molecular formula is C14H15BrF3N. The van der Waals surface area contributed by atoms with E-state index in [0.29, 0.717) is 5.92 Å². The minimum Gasteiger partial charge on any atom is -0.301 e. The Bertz CT molecular complexity index is 476. The Kier molecular flexibility index (Phi) is 3.17. The van der Waals surface area contributed by atoms with Gasteiger partial charge in [-0.05, 0) is 43.2 Å². The van der Waals surface area contributed by atoms with Gasteiger partial charge < -0.3 is 5.32 Å². The number of hydrogen-bond donors (Lipinski definition) is 1. The van der Waals surface area contributed by atoms with Crippen molar-refractivity contribution in [1.29, 1.82) is 0 Å². The molecule has 0 aliphatic heterocycles. The van der Waals surface area contributed by atoms with Crippen LogP contribution >= 0.6 is 15.9 Å². The molecule has 2 fully saturated rings. The van der Waals surface area contributed by atoms with Gasteiger partial charge in [-0.3, -0.25) is 0 Å². The summed E-state index contributed by atoms with van der Waals surface area (Å²) in [6.45, 7) is 0. The van der Waals surface area contributed by atoms with Crippen molar-refractivity contribution in [1.82, 2.24) is 5.32 Å². The SMILES string of the molecule is FC(F)(F)C1(NC2CC(c3ccccc3Br)C2)CC1. The van der Waals surface area contributed by atoms with Crippen LogP contribution in [0.3, 0.4) is 0 Å². The highest BCUT2D eigenvalue weighted by Gasteiger charge is 2.64. The van der Waals surface area contributed by atoms with Gasteiger partial charge in [0.05, 0.1) is 0 Å². The number of rotatable bonds is 3. The molecule has 1 N–H and O–H groups in total. The van der Waals surface area contributed by atoms with Crippen LogP contribution < -0.4 is 5.32 Å². The third-order valence-electron chi connectivity index (χ3n) is 4.26. The number of alkyl halides is 3. The van der Waals surface area contributed by atoms with Crippen LogP contribution in [-0.2, 0) is 0 Å². The van der Waals surface area contributed by atoms with E-state index < -0.39 is 11.7 Å². The van der Waals surface area contributed by atoms with Crippen LogP contribution in [0.15, 0.2) is 28.7 Å². The molecule has 0 amide bonds. The molecule has 0 saturated heterocycles. The van der Waals surface area contributed by atoms with Gasteiger partial charge in [-0.1, -0.05) is 34.1 Å². The van der Waals surface area contributed by atoms with Crippen LogP contribution in [0.2, 0.25) is 0 Å². The lowest BCUT2D eigenvalue weighted by Crippen LogP contribution is -2.53. The number of nitrogens with one attached hydrogen (secondary N) is 1. The van der Waals surface area contributed by atoms with Crippen LogP contribution in [0.4, 0.5) is 13.2 Å². The van der Waals surface area contributed by atoms with Crippen molar-refractivity contribution in [3.63, 3.8) is 0 Å². The number of benzene rings is 1. The second kappa shape index (κ2) is 4.48. The molecule has 19 heavy (non-hydrogen) atoms. The summed E-state index contributed by atoms with van der Waals surface area (Å²) < 4.78 is 39.5. The zero-order valence-electron chi connectivity index (χ0n) is 10.3. The Morgan fingerprint density at radius 1 is 1.16 bits per heavy atom. The Balaban J connectivity index is 1.58. The first kappa shape index (κ1) is 13.4. The molecule has 0 heterocycles. The summed E-state index contributed by atoms with van der Waals surface area (Å²) in [4.78, 5) is 0. The zero-order chi connectivity index (χ0) is 13.7. The number of halogens is 4. The highest BCUT2D eigenvalue weighted by Crippen LogP contribution is 2.51. The molecule has 1 aromatic rings. The van der Waals surface area contributed by atoms with Crippen LogP contribution in [-0.4, -0.2) is 17.8 Å². The van der Waals surface area contributed by atoms with E-state index in [2.05, 4.69) is 21.2 Å². The molecule has 3 rings (SSSR count). The van der Waals surface area contributed by atoms with E-state index in [0.717, 1.165) is 17.3 Å². The lowest BCUT2D eigenvalue weighted by Gasteiger charge is -2.39. The van der Waals surface area contributed by atoms with Crippen molar-refractivity contribution in [2.75, 3.05) is 0 Å². The molecule has 0 bridgehead atoms. The Morgan fingerprint density at radius 2 is 1.79 bits per heavy atom. The molecule has 1 aromatic carbocycles. The molecule has 0 aromatic heterocycles. The van der Waals surface area contributed by atoms with Gasteiger partial charge in [0.2, 0.25) is 0 Å². The van der Waals surface area contributed by atoms with Gasteiger partial charge >= 0.3 is 6.18 Å². The third kappa shape index (κ3) is 2.42. The summed E-state index contributed by atoms with van der Waals surface area (Å²) in [5, 5.41) is 2.82. The number of hydrogen-bond acceptors (Lipinski definition) is 1. The van der Waals surface area contributed by atoms with Gasteiger partial charge in [-0.15, -0.1) is 0 Å². The molecule has 1 nitrogen and oxygen atoms in total. The largest absolute Gasteiger partial charge is 0.406 e. The van der Waals surface area contributed by atoms with E-state index in [9.17, 15) is 13.2 Å². The standard InChI is InChI=1S/C14H15BrF3N/c15-12-4-2-1-3-11(12)9-7-10(8-9)19-13(5-6-13)14(16,17)18/h1-4,9-10,19H,5-8H2. The summed E-state index contributed by atoms with van der Waals surface area (Å²) in [5.74, 6) is 0.372. The van der Waals surface area contributed by atoms with E-state index in [-0.39, 0.29) is 18.9 Å². The van der Waals surface area contributed by atoms with Crippen molar-refractivity contribution in [2.24, 2.45) is 0 Å². The van der Waals surface area contributed by atoms with Crippen molar-refractivity contribution in [2.45, 2.75) is 49.4 Å². The van der Waals surface area contributed by atoms with Gasteiger partial charge in [0.1, 0.15) is 5.54 Å². The fourth-order valence-electron chi connectivity index (χ4n) is 2.82. The minimum atomic E-state index is -4.11. The third-order valence-corrected chi connectivity index (χ3v) is 4.98. The molecule has 2 saturated carbocycles. The molecule has 5 heteroatoms. The van der Waals surface area contributed by atoms with E-state index in [4.69, 9.17) is 0 Å². The normalized spacial score (nSPS) is 28.8. The molecule has 104 valence electrons. The molecule has 0 spiro atoms. The Morgan fingerprint density at radius 3 is 2.32 bits per heavy atom. The van der Waals surface area contributed by atoms with Crippen LogP contribution in [0, 0.1) is 0 Å². The van der Waals surface area contributed by atoms with E-state index in [1.807, 2.05) is 24.3 Å². The fraction of sp³-hybridized carbons (Fsp3) is 0.571. The second-order valence-corrected chi connectivity index (χ2v) is 6.47. The van der Waals surface area contributed by atoms with Crippen LogP contribution in [0.1, 0.15) is 37.2 Å². The molecule has 0 radical (unpaired) electrons. The summed E-state index contributed by atoms with van der Waals surface area (Å²) in [5.41, 5.74) is -0.367. The summed E-state index contributed by atoms with van der Waals surface area (Å²) >= 11 is 3.50. The Hall–Kier alpha value is -0.550. The molecule has 2 aliphatic rings. The van der Waals surface area contributed by atoms with Gasteiger partial charge in [0, 0.05) is 10.5 Å². The first-order chi connectivity index (χ1) is 8.91. The van der Waals surface area contributed by atoms with Gasteiger partial charge in [-0.25, -0.2) is 0 Å². The molecular weight excluding hydrogens is 319 g/mol. The maximum absolute atomic E-state index is 12.8. The average molecular weight is 334 g/mol. The lowest BCUT2D eigenvalue weighted by atomic mass is 9.75. The monoisotopic (exact) mass is 333 g/mol. The van der Waals surface area contributed by atoms with E-state index >= 15 is 0 Å². The second-order valence-electron chi connectivity index (χ2n) is 5.61. The molecule has 0 atom stereocenters. The van der Waals surface area contributed by atoms with Crippen molar-refractivity contribution in [3.05, 3.63) is 34.3 Å². The van der Waals surface area contributed by atoms with E-state index in [1.54, 1.807) is 0 Å². The highest BCUT2D eigenvalue weighted by molar-refractivity contribution is 9.10. The quantitative estimate of drug-likeness (QED) is 0.865. The van der Waals surface area contributed by atoms with Gasteiger partial charge in [0.15, 0.2) is 0 Å².